The summed E-state index contributed by atoms with van der Waals surface area (Å²) in [6.45, 7) is 0. The fourth-order valence-corrected chi connectivity index (χ4v) is 10.2. The molecule has 5 nitrogen and oxygen atoms in total. The number of benzene rings is 7. The first-order valence-electron chi connectivity index (χ1n) is 19.6. The van der Waals surface area contributed by atoms with Crippen molar-refractivity contribution in [1.29, 1.82) is 0 Å². The Balaban J connectivity index is 0.909. The zero-order valence-corrected chi connectivity index (χ0v) is 31.8. The Morgan fingerprint density at radius 1 is 0.579 bits per heavy atom. The molecule has 0 spiro atoms. The number of fused-ring (bicyclic) bond motifs is 9. The van der Waals surface area contributed by atoms with Gasteiger partial charge in [0.25, 0.3) is 0 Å². The third-order valence-electron chi connectivity index (χ3n) is 11.8. The van der Waals surface area contributed by atoms with E-state index in [0.29, 0.717) is 0 Å². The highest BCUT2D eigenvalue weighted by Crippen LogP contribution is 2.42. The van der Waals surface area contributed by atoms with Crippen molar-refractivity contribution in [2.75, 3.05) is 0 Å². The molecule has 0 amide bonds. The van der Waals surface area contributed by atoms with Gasteiger partial charge in [-0.3, -0.25) is 5.32 Å². The number of hydrogen-bond donors (Lipinski definition) is 2. The Morgan fingerprint density at radius 3 is 2.02 bits per heavy atom. The molecule has 12 rings (SSSR count). The maximum absolute atomic E-state index is 6.42. The van der Waals surface area contributed by atoms with Crippen LogP contribution in [-0.2, 0) is 6.42 Å². The molecule has 6 heteroatoms. The third kappa shape index (κ3) is 5.36. The van der Waals surface area contributed by atoms with Crippen LogP contribution in [0.4, 0.5) is 0 Å². The fourth-order valence-electron chi connectivity index (χ4n) is 9.01. The van der Waals surface area contributed by atoms with Crippen molar-refractivity contribution in [3.05, 3.63) is 196 Å². The van der Waals surface area contributed by atoms with Gasteiger partial charge in [0.2, 0.25) is 0 Å². The highest BCUT2D eigenvalue weighted by atomic mass is 32.1. The Bertz CT molecular complexity index is 3210. The van der Waals surface area contributed by atoms with Crippen molar-refractivity contribution >= 4 is 82.7 Å². The number of thiophene rings is 1. The van der Waals surface area contributed by atoms with Gasteiger partial charge in [-0.25, -0.2) is 4.99 Å². The molecule has 7 aromatic carbocycles. The molecule has 3 aromatic heterocycles. The molecule has 1 aliphatic heterocycles. The van der Waals surface area contributed by atoms with E-state index in [-0.39, 0.29) is 12.3 Å². The molecule has 2 N–H and O–H groups in total. The van der Waals surface area contributed by atoms with Gasteiger partial charge in [-0.1, -0.05) is 115 Å². The second-order valence-corrected chi connectivity index (χ2v) is 16.3. The molecule has 0 saturated carbocycles. The first-order valence-corrected chi connectivity index (χ1v) is 20.5. The first kappa shape index (κ1) is 32.5. The van der Waals surface area contributed by atoms with Gasteiger partial charge in [0.15, 0.2) is 0 Å². The van der Waals surface area contributed by atoms with Crippen molar-refractivity contribution in [2.24, 2.45) is 4.99 Å². The molecule has 0 bridgehead atoms. The summed E-state index contributed by atoms with van der Waals surface area (Å²) in [6.07, 6.45) is 4.23. The van der Waals surface area contributed by atoms with Crippen LogP contribution in [0.5, 0.6) is 0 Å². The van der Waals surface area contributed by atoms with E-state index in [1.165, 1.54) is 59.0 Å². The van der Waals surface area contributed by atoms with Gasteiger partial charge >= 0.3 is 0 Å². The highest BCUT2D eigenvalue weighted by Gasteiger charge is 2.26. The van der Waals surface area contributed by atoms with E-state index in [1.807, 2.05) is 11.3 Å². The average molecular weight is 753 g/mol. The maximum atomic E-state index is 6.42. The van der Waals surface area contributed by atoms with Crippen LogP contribution in [0, 0.1) is 0 Å². The molecule has 4 heterocycles. The predicted molar refractivity (Wildman–Crippen MR) is 237 cm³/mol. The topological polar surface area (TPSA) is 54.5 Å². The van der Waals surface area contributed by atoms with E-state index in [1.54, 1.807) is 0 Å². The van der Waals surface area contributed by atoms with Gasteiger partial charge in [-0.2, -0.15) is 0 Å². The summed E-state index contributed by atoms with van der Waals surface area (Å²) in [7, 11) is 0. The molecular formula is C51H36N4OS. The molecule has 0 saturated heterocycles. The summed E-state index contributed by atoms with van der Waals surface area (Å²) >= 11 is 1.92. The van der Waals surface area contributed by atoms with Crippen LogP contribution in [0.3, 0.4) is 0 Å². The second-order valence-electron chi connectivity index (χ2n) is 15.1. The number of furan rings is 1. The van der Waals surface area contributed by atoms with E-state index < -0.39 is 0 Å². The number of allylic oxidation sites excluding steroid dienone is 1. The number of aromatic nitrogens is 1. The zero-order valence-electron chi connectivity index (χ0n) is 30.9. The SMILES string of the molecule is C1=C(c2ccc3oc4ccc(-n5c6ccccc6c6ccccc65)cc4c3c2)CCc2sc3cc(C4=NC(c5ccccc5)NC(c5ccccc5)N4)ccc3c21. The van der Waals surface area contributed by atoms with Gasteiger partial charge in [0, 0.05) is 47.8 Å². The average Bonchev–Trinajstić information content (AvgIpc) is 3.95. The first-order chi connectivity index (χ1) is 28.2. The van der Waals surface area contributed by atoms with Gasteiger partial charge in [0.1, 0.15) is 29.3 Å². The van der Waals surface area contributed by atoms with E-state index in [9.17, 15) is 0 Å². The monoisotopic (exact) mass is 752 g/mol. The van der Waals surface area contributed by atoms with Crippen LogP contribution >= 0.6 is 11.3 Å². The molecule has 2 unspecified atom stereocenters. The molecular weight excluding hydrogens is 717 g/mol. The Morgan fingerprint density at radius 2 is 1.25 bits per heavy atom. The predicted octanol–water partition coefficient (Wildman–Crippen LogP) is 12.7. The van der Waals surface area contributed by atoms with E-state index >= 15 is 0 Å². The molecule has 2 atom stereocenters. The molecule has 1 aliphatic carbocycles. The number of rotatable bonds is 5. The highest BCUT2D eigenvalue weighted by molar-refractivity contribution is 7.19. The van der Waals surface area contributed by atoms with Crippen LogP contribution < -0.4 is 10.6 Å². The quantitative estimate of drug-likeness (QED) is 0.184. The van der Waals surface area contributed by atoms with Crippen LogP contribution in [0.25, 0.3) is 71.2 Å². The number of hydrogen-bond acceptors (Lipinski definition) is 5. The summed E-state index contributed by atoms with van der Waals surface area (Å²) in [6, 6.07) is 58.6. The summed E-state index contributed by atoms with van der Waals surface area (Å²) in [5, 5.41) is 13.5. The van der Waals surface area contributed by atoms with Crippen LogP contribution in [-0.4, -0.2) is 10.4 Å². The van der Waals surface area contributed by atoms with Crippen molar-refractivity contribution in [2.45, 2.75) is 25.2 Å². The summed E-state index contributed by atoms with van der Waals surface area (Å²) in [4.78, 5) is 6.65. The maximum Gasteiger partial charge on any atom is 0.135 e. The van der Waals surface area contributed by atoms with Crippen molar-refractivity contribution < 1.29 is 4.42 Å². The molecule has 272 valence electrons. The van der Waals surface area contributed by atoms with Crippen LogP contribution in [0.2, 0.25) is 0 Å². The Hall–Kier alpha value is -6.73. The smallest absolute Gasteiger partial charge is 0.135 e. The lowest BCUT2D eigenvalue weighted by atomic mass is 9.91. The number of para-hydroxylation sites is 2. The van der Waals surface area contributed by atoms with Crippen molar-refractivity contribution in [3.63, 3.8) is 0 Å². The lowest BCUT2D eigenvalue weighted by Gasteiger charge is -2.32. The van der Waals surface area contributed by atoms with Crippen molar-refractivity contribution in [1.82, 2.24) is 15.2 Å². The standard InChI is InChI=1S/C51H36N4OS/c1-3-11-31(12-4-1)49-52-50(32-13-5-2-6-14-32)54-51(53-49)35-19-23-39-42-28-34(21-26-47(42)57-48(39)29-35)33-20-24-45-40(27-33)41-30-36(22-25-46(41)56-45)55-43-17-9-7-15-37(43)38-16-8-10-18-44(38)55/h1-20,22-25,27-30,49-50,52H,21,26H2,(H,53,54). The van der Waals surface area contributed by atoms with Gasteiger partial charge in [-0.05, 0) is 95.3 Å². The number of aryl methyl sites for hydroxylation is 1. The Kier molecular flexibility index (Phi) is 7.37. The Labute approximate surface area is 333 Å². The number of nitrogens with zero attached hydrogens (tertiary/aromatic N) is 2. The molecule has 0 fully saturated rings. The van der Waals surface area contributed by atoms with E-state index in [0.717, 1.165) is 57.4 Å². The summed E-state index contributed by atoms with van der Waals surface area (Å²) in [5.74, 6) is 0.905. The lowest BCUT2D eigenvalue weighted by molar-refractivity contribution is 0.409. The number of nitrogens with one attached hydrogen (secondary N) is 2. The van der Waals surface area contributed by atoms with Gasteiger partial charge in [0.05, 0.1) is 11.0 Å². The lowest BCUT2D eigenvalue weighted by Crippen LogP contribution is -2.44. The fraction of sp³-hybridized carbons (Fsp3) is 0.0784. The number of amidine groups is 1. The zero-order chi connectivity index (χ0) is 37.5. The van der Waals surface area contributed by atoms with Gasteiger partial charge < -0.3 is 14.3 Å². The normalized spacial score (nSPS) is 16.9. The van der Waals surface area contributed by atoms with Crippen LogP contribution in [0.15, 0.2) is 173 Å². The molecule has 57 heavy (non-hydrogen) atoms. The van der Waals surface area contributed by atoms with E-state index in [2.05, 4.69) is 185 Å². The summed E-state index contributed by atoms with van der Waals surface area (Å²) < 4.78 is 10.1. The van der Waals surface area contributed by atoms with Gasteiger partial charge in [-0.15, -0.1) is 11.3 Å². The van der Waals surface area contributed by atoms with E-state index in [4.69, 9.17) is 9.41 Å². The number of aliphatic imine (C=N–C) groups is 1. The second kappa shape index (κ2) is 12.9. The molecule has 10 aromatic rings. The largest absolute Gasteiger partial charge is 0.456 e. The van der Waals surface area contributed by atoms with Crippen LogP contribution in [0.1, 0.15) is 51.4 Å². The minimum absolute atomic E-state index is 0.0634. The minimum Gasteiger partial charge on any atom is -0.456 e. The third-order valence-corrected chi connectivity index (χ3v) is 13.0. The molecule has 2 aliphatic rings. The summed E-state index contributed by atoms with van der Waals surface area (Å²) in [5.41, 5.74) is 12.8. The minimum atomic E-state index is -0.157. The molecule has 0 radical (unpaired) electrons. The van der Waals surface area contributed by atoms with Crippen molar-refractivity contribution in [3.8, 4) is 5.69 Å².